The van der Waals surface area contributed by atoms with Crippen LogP contribution < -0.4 is 0 Å². The summed E-state index contributed by atoms with van der Waals surface area (Å²) in [6.07, 6.45) is 5.91. The summed E-state index contributed by atoms with van der Waals surface area (Å²) in [5.74, 6) is 1.63. The summed E-state index contributed by atoms with van der Waals surface area (Å²) in [4.78, 5) is 22.3. The van der Waals surface area contributed by atoms with Crippen molar-refractivity contribution < 1.29 is 4.79 Å². The first-order valence-corrected chi connectivity index (χ1v) is 7.32. The molecule has 1 atom stereocenters. The topological polar surface area (TPSA) is 51.0 Å². The lowest BCUT2D eigenvalue weighted by atomic mass is 9.97. The highest BCUT2D eigenvalue weighted by atomic mass is 32.1. The molecule has 6 heteroatoms. The standard InChI is InChI=1S/C13H16N4OS/c1-16(13(18)11-8-19-9-15-11)7-10-2-4-17-5-3-14-12(17)6-10/h3,5,8-10H,2,4,6-7H2,1H3. The number of imidazole rings is 1. The summed E-state index contributed by atoms with van der Waals surface area (Å²) < 4.78 is 2.19. The molecule has 3 rings (SSSR count). The van der Waals surface area contributed by atoms with E-state index in [0.717, 1.165) is 31.8 Å². The molecule has 5 nitrogen and oxygen atoms in total. The van der Waals surface area contributed by atoms with Gasteiger partial charge in [-0.25, -0.2) is 9.97 Å². The van der Waals surface area contributed by atoms with Crippen LogP contribution in [0.2, 0.25) is 0 Å². The Kier molecular flexibility index (Phi) is 3.33. The molecule has 0 spiro atoms. The number of rotatable bonds is 3. The van der Waals surface area contributed by atoms with Gasteiger partial charge in [0.15, 0.2) is 0 Å². The largest absolute Gasteiger partial charge is 0.340 e. The number of nitrogens with zero attached hydrogens (tertiary/aromatic N) is 4. The molecule has 1 aliphatic rings. The Balaban J connectivity index is 1.62. The normalized spacial score (nSPS) is 18.1. The maximum absolute atomic E-state index is 12.1. The van der Waals surface area contributed by atoms with E-state index in [-0.39, 0.29) is 5.91 Å². The maximum Gasteiger partial charge on any atom is 0.273 e. The number of thiazole rings is 1. The Morgan fingerprint density at radius 3 is 3.26 bits per heavy atom. The lowest BCUT2D eigenvalue weighted by Crippen LogP contribution is -2.35. The van der Waals surface area contributed by atoms with Crippen molar-refractivity contribution in [3.8, 4) is 0 Å². The van der Waals surface area contributed by atoms with E-state index in [1.165, 1.54) is 11.3 Å². The molecular weight excluding hydrogens is 260 g/mol. The zero-order chi connectivity index (χ0) is 13.2. The fraction of sp³-hybridized carbons (Fsp3) is 0.462. The van der Waals surface area contributed by atoms with Crippen molar-refractivity contribution in [2.45, 2.75) is 19.4 Å². The minimum atomic E-state index is 0.00941. The van der Waals surface area contributed by atoms with Crippen molar-refractivity contribution >= 4 is 17.2 Å². The Morgan fingerprint density at radius 2 is 2.47 bits per heavy atom. The van der Waals surface area contributed by atoms with Gasteiger partial charge in [0.25, 0.3) is 5.91 Å². The third-order valence-electron chi connectivity index (χ3n) is 3.58. The van der Waals surface area contributed by atoms with E-state index >= 15 is 0 Å². The molecule has 1 aliphatic heterocycles. The van der Waals surface area contributed by atoms with E-state index in [1.807, 2.05) is 19.4 Å². The first-order valence-electron chi connectivity index (χ1n) is 6.37. The average molecular weight is 276 g/mol. The van der Waals surface area contributed by atoms with Crippen LogP contribution in [0.5, 0.6) is 0 Å². The molecule has 0 bridgehead atoms. The Morgan fingerprint density at radius 1 is 1.58 bits per heavy atom. The lowest BCUT2D eigenvalue weighted by molar-refractivity contribution is 0.0759. The molecule has 0 aliphatic carbocycles. The van der Waals surface area contributed by atoms with Gasteiger partial charge in [-0.1, -0.05) is 0 Å². The summed E-state index contributed by atoms with van der Waals surface area (Å²) in [6.45, 7) is 1.77. The molecule has 100 valence electrons. The SMILES string of the molecule is CN(CC1CCn2ccnc2C1)C(=O)c1cscn1. The van der Waals surface area contributed by atoms with Crippen LogP contribution in [0.1, 0.15) is 22.7 Å². The number of aryl methyl sites for hydroxylation is 1. The van der Waals surface area contributed by atoms with Crippen LogP contribution >= 0.6 is 11.3 Å². The smallest absolute Gasteiger partial charge is 0.273 e. The summed E-state index contributed by atoms with van der Waals surface area (Å²) in [6, 6.07) is 0. The predicted octanol–water partition coefficient (Wildman–Crippen LogP) is 1.67. The highest BCUT2D eigenvalue weighted by Gasteiger charge is 2.23. The monoisotopic (exact) mass is 276 g/mol. The van der Waals surface area contributed by atoms with Crippen molar-refractivity contribution in [3.63, 3.8) is 0 Å². The van der Waals surface area contributed by atoms with Crippen molar-refractivity contribution in [3.05, 3.63) is 34.8 Å². The van der Waals surface area contributed by atoms with E-state index in [2.05, 4.69) is 14.5 Å². The summed E-state index contributed by atoms with van der Waals surface area (Å²) in [7, 11) is 1.85. The molecule has 0 saturated carbocycles. The summed E-state index contributed by atoms with van der Waals surface area (Å²) in [5, 5.41) is 1.80. The molecule has 2 aromatic heterocycles. The molecule has 1 amide bonds. The Hall–Kier alpha value is -1.69. The highest BCUT2D eigenvalue weighted by Crippen LogP contribution is 2.20. The number of aromatic nitrogens is 3. The minimum Gasteiger partial charge on any atom is -0.340 e. The molecular formula is C13H16N4OS. The van der Waals surface area contributed by atoms with Crippen molar-refractivity contribution in [2.24, 2.45) is 5.92 Å². The average Bonchev–Trinajstić information content (AvgIpc) is 3.08. The predicted molar refractivity (Wildman–Crippen MR) is 73.1 cm³/mol. The van der Waals surface area contributed by atoms with Gasteiger partial charge in [0, 0.05) is 44.3 Å². The zero-order valence-electron chi connectivity index (χ0n) is 10.8. The van der Waals surface area contributed by atoms with E-state index in [9.17, 15) is 4.79 Å². The maximum atomic E-state index is 12.1. The van der Waals surface area contributed by atoms with Gasteiger partial charge < -0.3 is 9.47 Å². The summed E-state index contributed by atoms with van der Waals surface area (Å²) in [5.41, 5.74) is 2.24. The highest BCUT2D eigenvalue weighted by molar-refractivity contribution is 7.07. The third-order valence-corrected chi connectivity index (χ3v) is 4.17. The molecule has 0 fully saturated rings. The van der Waals surface area contributed by atoms with E-state index in [0.29, 0.717) is 11.6 Å². The lowest BCUT2D eigenvalue weighted by Gasteiger charge is -2.27. The van der Waals surface area contributed by atoms with Gasteiger partial charge >= 0.3 is 0 Å². The van der Waals surface area contributed by atoms with Crippen LogP contribution in [0.25, 0.3) is 0 Å². The molecule has 0 radical (unpaired) electrons. The molecule has 3 heterocycles. The number of carbonyl (C=O) groups is 1. The van der Waals surface area contributed by atoms with Crippen LogP contribution in [0.15, 0.2) is 23.3 Å². The number of amides is 1. The zero-order valence-corrected chi connectivity index (χ0v) is 11.6. The number of hydrogen-bond acceptors (Lipinski definition) is 4. The van der Waals surface area contributed by atoms with Crippen molar-refractivity contribution in [1.29, 1.82) is 0 Å². The van der Waals surface area contributed by atoms with Crippen LogP contribution in [0.3, 0.4) is 0 Å². The van der Waals surface area contributed by atoms with E-state index < -0.39 is 0 Å². The van der Waals surface area contributed by atoms with Crippen LogP contribution in [-0.4, -0.2) is 38.9 Å². The summed E-state index contributed by atoms with van der Waals surface area (Å²) >= 11 is 1.45. The van der Waals surface area contributed by atoms with Gasteiger partial charge in [-0.3, -0.25) is 4.79 Å². The first kappa shape index (κ1) is 12.3. The number of carbonyl (C=O) groups excluding carboxylic acids is 1. The molecule has 0 N–H and O–H groups in total. The van der Waals surface area contributed by atoms with E-state index in [1.54, 1.807) is 15.8 Å². The molecule has 19 heavy (non-hydrogen) atoms. The van der Waals surface area contributed by atoms with Gasteiger partial charge in [-0.15, -0.1) is 11.3 Å². The van der Waals surface area contributed by atoms with Gasteiger partial charge in [-0.05, 0) is 12.3 Å². The van der Waals surface area contributed by atoms with Gasteiger partial charge in [-0.2, -0.15) is 0 Å². The van der Waals surface area contributed by atoms with Gasteiger partial charge in [0.05, 0.1) is 5.51 Å². The number of fused-ring (bicyclic) bond motifs is 1. The Labute approximate surface area is 115 Å². The van der Waals surface area contributed by atoms with Gasteiger partial charge in [0.2, 0.25) is 0 Å². The minimum absolute atomic E-state index is 0.00941. The third kappa shape index (κ3) is 2.53. The first-order chi connectivity index (χ1) is 9.24. The Bertz CT molecular complexity index is 563. The molecule has 1 unspecified atom stereocenters. The van der Waals surface area contributed by atoms with Crippen LogP contribution in [0.4, 0.5) is 0 Å². The fourth-order valence-electron chi connectivity index (χ4n) is 2.56. The second-order valence-corrected chi connectivity index (χ2v) is 5.67. The second kappa shape index (κ2) is 5.13. The van der Waals surface area contributed by atoms with Gasteiger partial charge in [0.1, 0.15) is 11.5 Å². The van der Waals surface area contributed by atoms with E-state index in [4.69, 9.17) is 0 Å². The fourth-order valence-corrected chi connectivity index (χ4v) is 3.08. The molecule has 0 aromatic carbocycles. The van der Waals surface area contributed by atoms with Crippen LogP contribution in [-0.2, 0) is 13.0 Å². The second-order valence-electron chi connectivity index (χ2n) is 4.96. The quantitative estimate of drug-likeness (QED) is 0.857. The molecule has 2 aromatic rings. The van der Waals surface area contributed by atoms with Crippen LogP contribution in [0, 0.1) is 5.92 Å². The molecule has 0 saturated heterocycles. The number of hydrogen-bond donors (Lipinski definition) is 0. The van der Waals surface area contributed by atoms with Crippen molar-refractivity contribution in [2.75, 3.05) is 13.6 Å². The van der Waals surface area contributed by atoms with Crippen molar-refractivity contribution in [1.82, 2.24) is 19.4 Å².